The van der Waals surface area contributed by atoms with Crippen molar-refractivity contribution >= 4 is 0 Å². The lowest BCUT2D eigenvalue weighted by Crippen LogP contribution is -2.19. The molecular formula is C12H19NO4. The molecule has 0 atom stereocenters. The van der Waals surface area contributed by atoms with E-state index in [0.717, 1.165) is 5.56 Å². The van der Waals surface area contributed by atoms with Gasteiger partial charge in [0.15, 0.2) is 0 Å². The Kier molecular flexibility index (Phi) is 5.06. The van der Waals surface area contributed by atoms with E-state index in [1.54, 1.807) is 38.4 Å². The topological polar surface area (TPSA) is 51.2 Å². The van der Waals surface area contributed by atoms with E-state index in [9.17, 15) is 0 Å². The van der Waals surface area contributed by atoms with Gasteiger partial charge in [0.25, 0.3) is 0 Å². The minimum Gasteiger partial charge on any atom is -0.496 e. The fourth-order valence-corrected chi connectivity index (χ4v) is 1.55. The van der Waals surface area contributed by atoms with Crippen LogP contribution >= 0.6 is 0 Å². The number of ether oxygens (including phenoxy) is 3. The molecule has 0 spiro atoms. The minimum absolute atomic E-state index is 0.0294. The molecule has 0 aliphatic rings. The van der Waals surface area contributed by atoms with Gasteiger partial charge in [0.1, 0.15) is 17.2 Å². The fourth-order valence-electron chi connectivity index (χ4n) is 1.55. The number of aliphatic hydroxyl groups is 1. The molecule has 1 rings (SSSR count). The van der Waals surface area contributed by atoms with Gasteiger partial charge in [0.05, 0.1) is 33.6 Å². The molecule has 1 aromatic rings. The van der Waals surface area contributed by atoms with Gasteiger partial charge >= 0.3 is 0 Å². The van der Waals surface area contributed by atoms with E-state index in [-0.39, 0.29) is 6.73 Å². The summed E-state index contributed by atoms with van der Waals surface area (Å²) in [6.07, 6.45) is 0. The summed E-state index contributed by atoms with van der Waals surface area (Å²) in [6, 6.07) is 3.59. The Morgan fingerprint density at radius 1 is 1.06 bits per heavy atom. The molecule has 96 valence electrons. The van der Waals surface area contributed by atoms with Crippen molar-refractivity contribution in [2.24, 2.45) is 0 Å². The second-order valence-electron chi connectivity index (χ2n) is 3.67. The van der Waals surface area contributed by atoms with E-state index >= 15 is 0 Å². The maximum atomic E-state index is 9.04. The van der Waals surface area contributed by atoms with Gasteiger partial charge in [-0.3, -0.25) is 4.90 Å². The molecular weight excluding hydrogens is 222 g/mol. The number of benzene rings is 1. The number of methoxy groups -OCH3 is 3. The lowest BCUT2D eigenvalue weighted by atomic mass is 10.1. The van der Waals surface area contributed by atoms with E-state index < -0.39 is 0 Å². The van der Waals surface area contributed by atoms with Gasteiger partial charge < -0.3 is 19.3 Å². The van der Waals surface area contributed by atoms with Crippen LogP contribution in [0.25, 0.3) is 0 Å². The van der Waals surface area contributed by atoms with E-state index in [1.165, 1.54) is 0 Å². The third-order valence-electron chi connectivity index (χ3n) is 2.49. The normalized spacial score (nSPS) is 10.5. The lowest BCUT2D eigenvalue weighted by Gasteiger charge is -2.19. The van der Waals surface area contributed by atoms with Gasteiger partial charge in [-0.15, -0.1) is 0 Å². The Labute approximate surface area is 102 Å². The zero-order chi connectivity index (χ0) is 12.8. The predicted octanol–water partition coefficient (Wildman–Crippen LogP) is 1.09. The van der Waals surface area contributed by atoms with Crippen molar-refractivity contribution in [3.8, 4) is 17.2 Å². The van der Waals surface area contributed by atoms with Gasteiger partial charge in [-0.05, 0) is 7.05 Å². The molecule has 0 amide bonds. The van der Waals surface area contributed by atoms with Crippen LogP contribution in [0.2, 0.25) is 0 Å². The van der Waals surface area contributed by atoms with Crippen LogP contribution in [0.1, 0.15) is 5.56 Å². The summed E-state index contributed by atoms with van der Waals surface area (Å²) < 4.78 is 15.8. The van der Waals surface area contributed by atoms with Crippen LogP contribution in [0.15, 0.2) is 12.1 Å². The standard InChI is InChI=1S/C12H19NO4/c1-13(8-14)7-10-11(16-3)5-9(15-2)6-12(10)17-4/h5-6,14H,7-8H2,1-4H3. The first-order chi connectivity index (χ1) is 8.15. The number of hydrogen-bond acceptors (Lipinski definition) is 5. The number of nitrogens with zero attached hydrogens (tertiary/aromatic N) is 1. The highest BCUT2D eigenvalue weighted by Gasteiger charge is 2.14. The monoisotopic (exact) mass is 241 g/mol. The molecule has 0 aliphatic carbocycles. The maximum Gasteiger partial charge on any atom is 0.130 e. The second kappa shape index (κ2) is 6.32. The molecule has 17 heavy (non-hydrogen) atoms. The van der Waals surface area contributed by atoms with Gasteiger partial charge in [0.2, 0.25) is 0 Å². The van der Waals surface area contributed by atoms with Gasteiger partial charge in [-0.25, -0.2) is 0 Å². The summed E-state index contributed by atoms with van der Waals surface area (Å²) in [4.78, 5) is 1.74. The highest BCUT2D eigenvalue weighted by molar-refractivity contribution is 5.50. The summed E-state index contributed by atoms with van der Waals surface area (Å²) in [5.74, 6) is 2.04. The average Bonchev–Trinajstić information content (AvgIpc) is 2.38. The molecule has 0 fully saturated rings. The second-order valence-corrected chi connectivity index (χ2v) is 3.67. The Balaban J connectivity index is 3.15. The van der Waals surface area contributed by atoms with Crippen LogP contribution in [-0.2, 0) is 6.54 Å². The van der Waals surface area contributed by atoms with Crippen molar-refractivity contribution in [1.82, 2.24) is 4.90 Å². The van der Waals surface area contributed by atoms with Gasteiger partial charge in [-0.1, -0.05) is 0 Å². The van der Waals surface area contributed by atoms with E-state index in [0.29, 0.717) is 23.8 Å². The highest BCUT2D eigenvalue weighted by Crippen LogP contribution is 2.34. The van der Waals surface area contributed by atoms with Gasteiger partial charge in [0, 0.05) is 18.7 Å². The molecule has 0 unspecified atom stereocenters. The lowest BCUT2D eigenvalue weighted by molar-refractivity contribution is 0.125. The van der Waals surface area contributed by atoms with Crippen LogP contribution in [0.5, 0.6) is 17.2 Å². The number of aliphatic hydroxyl groups excluding tert-OH is 1. The molecule has 0 heterocycles. The largest absolute Gasteiger partial charge is 0.496 e. The average molecular weight is 241 g/mol. The van der Waals surface area contributed by atoms with Crippen molar-refractivity contribution in [3.05, 3.63) is 17.7 Å². The minimum atomic E-state index is -0.0294. The zero-order valence-electron chi connectivity index (χ0n) is 10.7. The Hall–Kier alpha value is -1.46. The molecule has 0 saturated heterocycles. The van der Waals surface area contributed by atoms with Crippen molar-refractivity contribution < 1.29 is 19.3 Å². The summed E-state index contributed by atoms with van der Waals surface area (Å²) in [5.41, 5.74) is 0.882. The summed E-state index contributed by atoms with van der Waals surface area (Å²) in [5, 5.41) is 9.04. The van der Waals surface area contributed by atoms with Crippen LogP contribution in [-0.4, -0.2) is 45.1 Å². The van der Waals surface area contributed by atoms with Gasteiger partial charge in [-0.2, -0.15) is 0 Å². The maximum absolute atomic E-state index is 9.04. The number of rotatable bonds is 6. The summed E-state index contributed by atoms with van der Waals surface area (Å²) in [7, 11) is 6.59. The van der Waals surface area contributed by atoms with Crippen LogP contribution in [0.4, 0.5) is 0 Å². The van der Waals surface area contributed by atoms with Crippen molar-refractivity contribution in [3.63, 3.8) is 0 Å². The Bertz CT molecular complexity index is 343. The molecule has 0 saturated carbocycles. The van der Waals surface area contributed by atoms with E-state index in [2.05, 4.69) is 0 Å². The molecule has 1 N–H and O–H groups in total. The smallest absolute Gasteiger partial charge is 0.130 e. The quantitative estimate of drug-likeness (QED) is 0.756. The Morgan fingerprint density at radius 2 is 1.59 bits per heavy atom. The molecule has 5 nitrogen and oxygen atoms in total. The SMILES string of the molecule is COc1cc(OC)c(CN(C)CO)c(OC)c1. The molecule has 1 aromatic carbocycles. The fraction of sp³-hybridized carbons (Fsp3) is 0.500. The molecule has 0 radical (unpaired) electrons. The Morgan fingerprint density at radius 3 is 1.94 bits per heavy atom. The van der Waals surface area contributed by atoms with E-state index in [4.69, 9.17) is 19.3 Å². The van der Waals surface area contributed by atoms with Crippen LogP contribution in [0.3, 0.4) is 0 Å². The number of hydrogen-bond donors (Lipinski definition) is 1. The molecule has 5 heteroatoms. The van der Waals surface area contributed by atoms with Crippen molar-refractivity contribution in [2.75, 3.05) is 35.1 Å². The third kappa shape index (κ3) is 3.25. The van der Waals surface area contributed by atoms with E-state index in [1.807, 2.05) is 7.05 Å². The highest BCUT2D eigenvalue weighted by atomic mass is 16.5. The summed E-state index contributed by atoms with van der Waals surface area (Å²) in [6.45, 7) is 0.505. The van der Waals surface area contributed by atoms with Crippen LogP contribution < -0.4 is 14.2 Å². The molecule has 0 bridgehead atoms. The first-order valence-electron chi connectivity index (χ1n) is 5.24. The molecule has 0 aliphatic heterocycles. The first-order valence-corrected chi connectivity index (χ1v) is 5.24. The predicted molar refractivity (Wildman–Crippen MR) is 64.7 cm³/mol. The first kappa shape index (κ1) is 13.6. The summed E-state index contributed by atoms with van der Waals surface area (Å²) >= 11 is 0. The molecule has 0 aromatic heterocycles. The van der Waals surface area contributed by atoms with Crippen molar-refractivity contribution in [1.29, 1.82) is 0 Å². The van der Waals surface area contributed by atoms with Crippen molar-refractivity contribution in [2.45, 2.75) is 6.54 Å². The van der Waals surface area contributed by atoms with Crippen LogP contribution in [0, 0.1) is 0 Å². The third-order valence-corrected chi connectivity index (χ3v) is 2.49. The zero-order valence-corrected chi connectivity index (χ0v) is 10.7.